The summed E-state index contributed by atoms with van der Waals surface area (Å²) < 4.78 is 10.4. The molecule has 0 aromatic rings. The van der Waals surface area contributed by atoms with Crippen molar-refractivity contribution in [3.63, 3.8) is 0 Å². The van der Waals surface area contributed by atoms with Gasteiger partial charge in [0, 0.05) is 25.7 Å². The van der Waals surface area contributed by atoms with Gasteiger partial charge in [-0.25, -0.2) is 0 Å². The molecule has 5 nitrogen and oxygen atoms in total. The molecule has 1 fully saturated rings. The number of nitrogens with one attached hydrogen (secondary N) is 1. The van der Waals surface area contributed by atoms with Crippen LogP contribution in [-0.4, -0.2) is 44.4 Å². The van der Waals surface area contributed by atoms with E-state index in [0.29, 0.717) is 0 Å². The van der Waals surface area contributed by atoms with Gasteiger partial charge >= 0.3 is 0 Å². The van der Waals surface area contributed by atoms with E-state index in [1.54, 1.807) is 7.11 Å². The minimum atomic E-state index is -0.606. The van der Waals surface area contributed by atoms with Gasteiger partial charge in [-0.1, -0.05) is 13.8 Å². The molecule has 0 aromatic carbocycles. The number of nitrogens with two attached hydrogens (primary N) is 1. The van der Waals surface area contributed by atoms with E-state index in [0.717, 1.165) is 6.42 Å². The number of amides is 1. The number of carbonyl (C=O) groups is 1. The molecule has 3 unspecified atom stereocenters. The first-order chi connectivity index (χ1) is 7.78. The third-order valence-electron chi connectivity index (χ3n) is 4.28. The van der Waals surface area contributed by atoms with E-state index in [4.69, 9.17) is 15.2 Å². The van der Waals surface area contributed by atoms with Gasteiger partial charge in [-0.05, 0) is 13.3 Å². The quantitative estimate of drug-likeness (QED) is 0.728. The smallest absolute Gasteiger partial charge is 0.239 e. The van der Waals surface area contributed by atoms with Crippen molar-refractivity contribution in [2.75, 3.05) is 20.8 Å². The maximum absolute atomic E-state index is 11.8. The average molecular weight is 244 g/mol. The fraction of sp³-hybridized carbons (Fsp3) is 0.917. The predicted octanol–water partition coefficient (Wildman–Crippen LogP) is 0.280. The first-order valence-corrected chi connectivity index (χ1v) is 5.88. The Morgan fingerprint density at radius 3 is 2.47 bits per heavy atom. The number of hydrogen-bond donors (Lipinski definition) is 2. The van der Waals surface area contributed by atoms with Crippen molar-refractivity contribution < 1.29 is 14.3 Å². The molecule has 0 aliphatic heterocycles. The summed E-state index contributed by atoms with van der Waals surface area (Å²) in [6.07, 6.45) is 0.807. The molecule has 17 heavy (non-hydrogen) atoms. The first kappa shape index (κ1) is 14.4. The van der Waals surface area contributed by atoms with E-state index >= 15 is 0 Å². The van der Waals surface area contributed by atoms with E-state index in [2.05, 4.69) is 26.1 Å². The van der Waals surface area contributed by atoms with Crippen LogP contribution in [0.3, 0.4) is 0 Å². The molecule has 0 aromatic heterocycles. The van der Waals surface area contributed by atoms with Crippen LogP contribution in [-0.2, 0) is 14.3 Å². The highest BCUT2D eigenvalue weighted by atomic mass is 16.5. The molecule has 1 aliphatic rings. The molecule has 0 spiro atoms. The van der Waals surface area contributed by atoms with Crippen LogP contribution in [0.4, 0.5) is 0 Å². The van der Waals surface area contributed by atoms with Crippen LogP contribution >= 0.6 is 0 Å². The molecule has 0 bridgehead atoms. The Balaban J connectivity index is 2.53. The van der Waals surface area contributed by atoms with Gasteiger partial charge in [-0.3, -0.25) is 4.79 Å². The maximum Gasteiger partial charge on any atom is 0.239 e. The van der Waals surface area contributed by atoms with Gasteiger partial charge in [0.1, 0.15) is 6.04 Å². The summed E-state index contributed by atoms with van der Waals surface area (Å²) in [4.78, 5) is 11.8. The molecule has 0 heterocycles. The van der Waals surface area contributed by atoms with Gasteiger partial charge in [-0.15, -0.1) is 0 Å². The van der Waals surface area contributed by atoms with Crippen LogP contribution in [0.1, 0.15) is 27.2 Å². The lowest BCUT2D eigenvalue weighted by Crippen LogP contribution is -2.69. The molecule has 3 atom stereocenters. The highest BCUT2D eigenvalue weighted by Gasteiger charge is 2.58. The molecule has 1 aliphatic carbocycles. The van der Waals surface area contributed by atoms with Crippen LogP contribution < -0.4 is 11.1 Å². The Kier molecular flexibility index (Phi) is 4.17. The van der Waals surface area contributed by atoms with E-state index in [-0.39, 0.29) is 29.6 Å². The number of carbonyl (C=O) groups excluding carboxylic acids is 1. The van der Waals surface area contributed by atoms with Gasteiger partial charge in [-0.2, -0.15) is 0 Å². The molecular weight excluding hydrogens is 220 g/mol. The molecule has 100 valence electrons. The molecule has 1 amide bonds. The normalized spacial score (nSPS) is 32.7. The summed E-state index contributed by atoms with van der Waals surface area (Å²) in [5.74, 6) is -0.164. The monoisotopic (exact) mass is 244 g/mol. The minimum Gasteiger partial charge on any atom is -0.383 e. The highest BCUT2D eigenvalue weighted by molar-refractivity contribution is 5.82. The topological polar surface area (TPSA) is 73.6 Å². The zero-order valence-electron chi connectivity index (χ0n) is 11.4. The summed E-state index contributed by atoms with van der Waals surface area (Å²) >= 11 is 0. The van der Waals surface area contributed by atoms with Crippen molar-refractivity contribution in [1.82, 2.24) is 5.32 Å². The summed E-state index contributed by atoms with van der Waals surface area (Å²) in [6, 6.07) is -0.506. The number of rotatable bonds is 5. The third-order valence-corrected chi connectivity index (χ3v) is 4.28. The Bertz CT molecular complexity index is 293. The molecule has 1 rings (SSSR count). The van der Waals surface area contributed by atoms with E-state index < -0.39 is 6.04 Å². The average Bonchev–Trinajstić information content (AvgIpc) is 2.28. The number of hydrogen-bond acceptors (Lipinski definition) is 4. The van der Waals surface area contributed by atoms with E-state index in [1.807, 2.05) is 0 Å². The second-order valence-electron chi connectivity index (χ2n) is 5.48. The minimum absolute atomic E-state index is 0.0931. The Hall–Kier alpha value is -0.650. The zero-order valence-corrected chi connectivity index (χ0v) is 11.4. The van der Waals surface area contributed by atoms with Crippen LogP contribution in [0, 0.1) is 5.41 Å². The van der Waals surface area contributed by atoms with Crippen LogP contribution in [0.15, 0.2) is 0 Å². The van der Waals surface area contributed by atoms with Crippen LogP contribution in [0.2, 0.25) is 0 Å². The predicted molar refractivity (Wildman–Crippen MR) is 65.6 cm³/mol. The van der Waals surface area contributed by atoms with Crippen molar-refractivity contribution >= 4 is 5.91 Å². The largest absolute Gasteiger partial charge is 0.383 e. The molecular formula is C12H24N2O3. The lowest BCUT2D eigenvalue weighted by Gasteiger charge is -2.59. The van der Waals surface area contributed by atoms with Gasteiger partial charge in [0.15, 0.2) is 0 Å². The van der Waals surface area contributed by atoms with Crippen molar-refractivity contribution in [2.45, 2.75) is 44.9 Å². The summed E-state index contributed by atoms with van der Waals surface area (Å²) in [5, 5.41) is 2.96. The molecule has 0 radical (unpaired) electrons. The molecule has 0 saturated heterocycles. The standard InChI is InChI=1S/C12H24N2O3/c1-11(2)9(6-12(11,3)17-5)14-10(15)8(13)7-16-4/h8-9H,6-7,13H2,1-5H3,(H,14,15). The number of methoxy groups -OCH3 is 2. The van der Waals surface area contributed by atoms with Gasteiger partial charge in [0.05, 0.1) is 12.2 Å². The van der Waals surface area contributed by atoms with Crippen molar-refractivity contribution in [1.29, 1.82) is 0 Å². The van der Waals surface area contributed by atoms with Gasteiger partial charge < -0.3 is 20.5 Å². The van der Waals surface area contributed by atoms with E-state index in [1.165, 1.54) is 7.11 Å². The second-order valence-corrected chi connectivity index (χ2v) is 5.48. The molecule has 3 N–H and O–H groups in total. The fourth-order valence-corrected chi connectivity index (χ4v) is 2.26. The summed E-state index contributed by atoms with van der Waals surface area (Å²) in [5.41, 5.74) is 5.40. The summed E-state index contributed by atoms with van der Waals surface area (Å²) in [6.45, 7) is 6.48. The maximum atomic E-state index is 11.8. The lowest BCUT2D eigenvalue weighted by molar-refractivity contribution is -0.182. The lowest BCUT2D eigenvalue weighted by atomic mass is 9.56. The highest BCUT2D eigenvalue weighted by Crippen LogP contribution is 2.51. The van der Waals surface area contributed by atoms with Crippen LogP contribution in [0.5, 0.6) is 0 Å². The van der Waals surface area contributed by atoms with Crippen LogP contribution in [0.25, 0.3) is 0 Å². The molecule has 1 saturated carbocycles. The fourth-order valence-electron chi connectivity index (χ4n) is 2.26. The Morgan fingerprint density at radius 2 is 2.06 bits per heavy atom. The van der Waals surface area contributed by atoms with Crippen molar-refractivity contribution in [3.05, 3.63) is 0 Å². The Labute approximate surface area is 103 Å². The number of ether oxygens (including phenoxy) is 2. The summed E-state index contributed by atoms with van der Waals surface area (Å²) in [7, 11) is 3.23. The second kappa shape index (κ2) is 4.92. The third kappa shape index (κ3) is 2.46. The van der Waals surface area contributed by atoms with E-state index in [9.17, 15) is 4.79 Å². The van der Waals surface area contributed by atoms with Crippen molar-refractivity contribution in [2.24, 2.45) is 11.1 Å². The SMILES string of the molecule is COCC(N)C(=O)NC1CC(C)(OC)C1(C)C. The first-order valence-electron chi connectivity index (χ1n) is 5.88. The molecule has 5 heteroatoms. The van der Waals surface area contributed by atoms with Gasteiger partial charge in [0.25, 0.3) is 0 Å². The van der Waals surface area contributed by atoms with Gasteiger partial charge in [0.2, 0.25) is 5.91 Å². The Morgan fingerprint density at radius 1 is 1.47 bits per heavy atom. The van der Waals surface area contributed by atoms with Crippen molar-refractivity contribution in [3.8, 4) is 0 Å². The zero-order chi connectivity index (χ0) is 13.3.